The van der Waals surface area contributed by atoms with Crippen LogP contribution in [0.1, 0.15) is 12.0 Å². The third-order valence-electron chi connectivity index (χ3n) is 5.38. The van der Waals surface area contributed by atoms with Crippen LogP contribution in [0.25, 0.3) is 26.3 Å². The molecule has 0 fully saturated rings. The fourth-order valence-electron chi connectivity index (χ4n) is 3.76. The van der Waals surface area contributed by atoms with Crippen molar-refractivity contribution in [1.29, 1.82) is 10.7 Å². The van der Waals surface area contributed by atoms with Crippen LogP contribution in [-0.4, -0.2) is 34.5 Å². The minimum absolute atomic E-state index is 0.0191. The van der Waals surface area contributed by atoms with Crippen LogP contribution < -0.4 is 21.3 Å². The summed E-state index contributed by atoms with van der Waals surface area (Å²) in [6.07, 6.45) is 3.89. The van der Waals surface area contributed by atoms with E-state index in [1.54, 1.807) is 13.1 Å². The molecule has 0 spiro atoms. The normalized spacial score (nSPS) is 10.8. The summed E-state index contributed by atoms with van der Waals surface area (Å²) >= 11 is 7.37. The number of thiophene rings is 1. The molecule has 35 heavy (non-hydrogen) atoms. The van der Waals surface area contributed by atoms with Crippen LogP contribution in [-0.2, 0) is 6.54 Å². The van der Waals surface area contributed by atoms with E-state index in [0.717, 1.165) is 28.2 Å². The average Bonchev–Trinajstić information content (AvgIpc) is 3.29. The van der Waals surface area contributed by atoms with Gasteiger partial charge in [0, 0.05) is 42.0 Å². The van der Waals surface area contributed by atoms with Gasteiger partial charge < -0.3 is 15.5 Å². The number of methoxy groups -OCH3 is 1. The lowest BCUT2D eigenvalue weighted by molar-refractivity contribution is 0.387. The number of rotatable bonds is 7. The number of nitriles is 1. The summed E-state index contributed by atoms with van der Waals surface area (Å²) in [5.74, 6) is -0.650. The number of hydrogen-bond acceptors (Lipinski definition) is 8. The molecule has 0 amide bonds. The third kappa shape index (κ3) is 4.07. The predicted molar refractivity (Wildman–Crippen MR) is 134 cm³/mol. The van der Waals surface area contributed by atoms with Gasteiger partial charge in [0.05, 0.1) is 47.7 Å². The first-order valence-corrected chi connectivity index (χ1v) is 11.4. The summed E-state index contributed by atoms with van der Waals surface area (Å²) in [6.45, 7) is 0.0370. The number of anilines is 1. The van der Waals surface area contributed by atoms with E-state index in [2.05, 4.69) is 10.3 Å². The van der Waals surface area contributed by atoms with Crippen LogP contribution in [0.15, 0.2) is 40.2 Å². The van der Waals surface area contributed by atoms with Crippen molar-refractivity contribution in [3.8, 4) is 27.9 Å². The molecule has 0 unspecified atom stereocenters. The zero-order valence-corrected chi connectivity index (χ0v) is 20.1. The quantitative estimate of drug-likeness (QED) is 0.360. The summed E-state index contributed by atoms with van der Waals surface area (Å²) in [7, 11) is 2.94. The van der Waals surface area contributed by atoms with Crippen molar-refractivity contribution in [3.05, 3.63) is 67.8 Å². The molecule has 0 atom stereocenters. The summed E-state index contributed by atoms with van der Waals surface area (Å²) in [4.78, 5) is 31.8. The van der Waals surface area contributed by atoms with Crippen molar-refractivity contribution in [1.82, 2.24) is 14.1 Å². The van der Waals surface area contributed by atoms with E-state index in [0.29, 0.717) is 27.2 Å². The van der Waals surface area contributed by atoms with Gasteiger partial charge >= 0.3 is 5.69 Å². The molecule has 0 radical (unpaired) electrons. The summed E-state index contributed by atoms with van der Waals surface area (Å²) < 4.78 is 21.7. The summed E-state index contributed by atoms with van der Waals surface area (Å²) in [6, 6.07) is 6.18. The van der Waals surface area contributed by atoms with E-state index >= 15 is 0 Å². The van der Waals surface area contributed by atoms with Crippen LogP contribution in [0.5, 0.6) is 5.75 Å². The predicted octanol–water partition coefficient (Wildman–Crippen LogP) is 4.03. The molecule has 0 bridgehead atoms. The second-order valence-corrected chi connectivity index (χ2v) is 8.75. The second-order valence-electron chi connectivity index (χ2n) is 7.29. The Bertz CT molecular complexity index is 1640. The maximum absolute atomic E-state index is 14.1. The second kappa shape index (κ2) is 9.69. The van der Waals surface area contributed by atoms with E-state index in [-0.39, 0.29) is 34.1 Å². The first-order chi connectivity index (χ1) is 16.9. The van der Waals surface area contributed by atoms with Crippen LogP contribution >= 0.6 is 22.9 Å². The number of nitrogens with zero attached hydrogens (tertiary/aromatic N) is 4. The number of aromatic nitrogens is 3. The zero-order valence-electron chi connectivity index (χ0n) is 18.6. The molecule has 4 aromatic rings. The van der Waals surface area contributed by atoms with Gasteiger partial charge in [-0.3, -0.25) is 14.3 Å². The number of ether oxygens (including phenoxy) is 1. The van der Waals surface area contributed by atoms with Gasteiger partial charge in [-0.1, -0.05) is 11.6 Å². The lowest BCUT2D eigenvalue weighted by Crippen LogP contribution is -2.39. The van der Waals surface area contributed by atoms with E-state index in [1.807, 2.05) is 6.07 Å². The SMILES string of the molecule is CNc1c(C=N)cncc1-n1c(=O)c2sc(-c3cc(OC)c(F)cc3Cl)cc2n(CCC#N)c1=O. The Kier molecular flexibility index (Phi) is 6.68. The highest BCUT2D eigenvalue weighted by molar-refractivity contribution is 7.22. The standard InChI is InChI=1S/C23H18ClFN6O3S/c1-28-20-12(9-27)10-29-11-17(20)31-22(32)21-16(30(23(31)33)5-3-4-26)8-19(35-21)13-6-18(34-2)15(25)7-14(13)24/h6-11,27H,3,5H2,1-2H3,(H,28,29). The Morgan fingerprint density at radius 1 is 1.34 bits per heavy atom. The van der Waals surface area contributed by atoms with Gasteiger partial charge in [-0.05, 0) is 18.2 Å². The van der Waals surface area contributed by atoms with Gasteiger partial charge in [-0.2, -0.15) is 5.26 Å². The van der Waals surface area contributed by atoms with Gasteiger partial charge in [0.1, 0.15) is 4.70 Å². The number of halogens is 2. The van der Waals surface area contributed by atoms with Crippen molar-refractivity contribution >= 4 is 45.1 Å². The average molecular weight is 513 g/mol. The maximum atomic E-state index is 14.1. The fraction of sp³-hybridized carbons (Fsp3) is 0.174. The van der Waals surface area contributed by atoms with Gasteiger partial charge in [0.25, 0.3) is 5.56 Å². The van der Waals surface area contributed by atoms with E-state index < -0.39 is 17.1 Å². The molecule has 1 aromatic carbocycles. The molecule has 0 aliphatic rings. The van der Waals surface area contributed by atoms with Crippen LogP contribution in [0, 0.1) is 22.6 Å². The van der Waals surface area contributed by atoms with Crippen molar-refractivity contribution in [2.45, 2.75) is 13.0 Å². The molecule has 0 aliphatic carbocycles. The van der Waals surface area contributed by atoms with Gasteiger partial charge in [0.2, 0.25) is 0 Å². The number of aryl methyl sites for hydroxylation is 1. The Labute approximate surface area is 207 Å². The molecule has 0 aliphatic heterocycles. The Morgan fingerprint density at radius 2 is 2.11 bits per heavy atom. The lowest BCUT2D eigenvalue weighted by atomic mass is 10.1. The third-order valence-corrected chi connectivity index (χ3v) is 6.84. The van der Waals surface area contributed by atoms with Gasteiger partial charge in [0.15, 0.2) is 11.6 Å². The molecule has 12 heteroatoms. The summed E-state index contributed by atoms with van der Waals surface area (Å²) in [5.41, 5.74) is 0.436. The van der Waals surface area contributed by atoms with Crippen molar-refractivity contribution in [3.63, 3.8) is 0 Å². The monoisotopic (exact) mass is 512 g/mol. The highest BCUT2D eigenvalue weighted by atomic mass is 35.5. The minimum Gasteiger partial charge on any atom is -0.494 e. The van der Waals surface area contributed by atoms with E-state index in [4.69, 9.17) is 27.0 Å². The highest BCUT2D eigenvalue weighted by Gasteiger charge is 2.22. The molecule has 3 aromatic heterocycles. The van der Waals surface area contributed by atoms with Crippen molar-refractivity contribution in [2.24, 2.45) is 0 Å². The number of pyridine rings is 1. The largest absolute Gasteiger partial charge is 0.494 e. The van der Waals surface area contributed by atoms with E-state index in [9.17, 15) is 14.0 Å². The van der Waals surface area contributed by atoms with E-state index in [1.165, 1.54) is 30.1 Å². The van der Waals surface area contributed by atoms with Crippen LogP contribution in [0.2, 0.25) is 5.02 Å². The number of nitrogens with one attached hydrogen (secondary N) is 2. The lowest BCUT2D eigenvalue weighted by Gasteiger charge is -2.15. The molecule has 0 saturated heterocycles. The molecule has 3 heterocycles. The molecule has 178 valence electrons. The topological polar surface area (TPSA) is 126 Å². The van der Waals surface area contributed by atoms with Crippen LogP contribution in [0.3, 0.4) is 0 Å². The maximum Gasteiger partial charge on any atom is 0.336 e. The molecule has 2 N–H and O–H groups in total. The van der Waals surface area contributed by atoms with Gasteiger partial charge in [-0.25, -0.2) is 13.8 Å². The first kappa shape index (κ1) is 24.1. The Morgan fingerprint density at radius 3 is 2.77 bits per heavy atom. The van der Waals surface area contributed by atoms with Gasteiger partial charge in [-0.15, -0.1) is 11.3 Å². The molecular weight excluding hydrogens is 495 g/mol. The fourth-order valence-corrected chi connectivity index (χ4v) is 5.19. The molecule has 9 nitrogen and oxygen atoms in total. The molecule has 0 saturated carbocycles. The summed E-state index contributed by atoms with van der Waals surface area (Å²) in [5, 5.41) is 19.8. The minimum atomic E-state index is -0.662. The van der Waals surface area contributed by atoms with Crippen molar-refractivity contribution < 1.29 is 9.13 Å². The Hall–Kier alpha value is -4.01. The molecular formula is C23H18ClFN6O3S. The number of benzene rings is 1. The Balaban J connectivity index is 2.08. The van der Waals surface area contributed by atoms with Crippen LogP contribution in [0.4, 0.5) is 10.1 Å². The zero-order chi connectivity index (χ0) is 25.3. The smallest absolute Gasteiger partial charge is 0.336 e. The first-order valence-electron chi connectivity index (χ1n) is 10.2. The highest BCUT2D eigenvalue weighted by Crippen LogP contribution is 2.39. The van der Waals surface area contributed by atoms with Crippen molar-refractivity contribution in [2.75, 3.05) is 19.5 Å². The number of hydrogen-bond donors (Lipinski definition) is 2. The molecule has 4 rings (SSSR count). The number of fused-ring (bicyclic) bond motifs is 1.